The molecule has 6 heteroatoms. The zero-order chi connectivity index (χ0) is 19.2. The first-order valence-electron chi connectivity index (χ1n) is 9.05. The SMILES string of the molecule is O=C(NNC(=O)C1CCCCC1C(=O)O)c1ccc(-c2ccccc2)cc1. The maximum atomic E-state index is 12.3. The van der Waals surface area contributed by atoms with Crippen LogP contribution in [-0.4, -0.2) is 22.9 Å². The van der Waals surface area contributed by atoms with E-state index in [1.165, 1.54) is 0 Å². The third-order valence-electron chi connectivity index (χ3n) is 4.97. The summed E-state index contributed by atoms with van der Waals surface area (Å²) in [5, 5.41) is 9.27. The number of aliphatic carboxylic acids is 1. The van der Waals surface area contributed by atoms with Gasteiger partial charge in [0, 0.05) is 5.56 Å². The number of amides is 2. The van der Waals surface area contributed by atoms with Gasteiger partial charge in [0.1, 0.15) is 0 Å². The lowest BCUT2D eigenvalue weighted by Crippen LogP contribution is -2.47. The first-order chi connectivity index (χ1) is 13.1. The summed E-state index contributed by atoms with van der Waals surface area (Å²) in [7, 11) is 0. The molecule has 2 atom stereocenters. The van der Waals surface area contributed by atoms with E-state index in [0.29, 0.717) is 18.4 Å². The van der Waals surface area contributed by atoms with Crippen LogP contribution in [0.25, 0.3) is 11.1 Å². The molecule has 0 aliphatic heterocycles. The Kier molecular flexibility index (Phi) is 5.86. The monoisotopic (exact) mass is 366 g/mol. The Balaban J connectivity index is 1.59. The van der Waals surface area contributed by atoms with Crippen LogP contribution < -0.4 is 10.9 Å². The number of rotatable bonds is 4. The highest BCUT2D eigenvalue weighted by molar-refractivity contribution is 5.96. The Bertz CT molecular complexity index is 818. The van der Waals surface area contributed by atoms with Crippen molar-refractivity contribution in [1.82, 2.24) is 10.9 Å². The Labute approximate surface area is 157 Å². The van der Waals surface area contributed by atoms with Crippen molar-refractivity contribution in [2.75, 3.05) is 0 Å². The molecule has 1 aliphatic rings. The van der Waals surface area contributed by atoms with E-state index in [2.05, 4.69) is 10.9 Å². The van der Waals surface area contributed by atoms with Crippen molar-refractivity contribution >= 4 is 17.8 Å². The second-order valence-corrected chi connectivity index (χ2v) is 6.72. The minimum Gasteiger partial charge on any atom is -0.481 e. The first kappa shape index (κ1) is 18.6. The number of carboxylic acids is 1. The van der Waals surface area contributed by atoms with Gasteiger partial charge in [0.15, 0.2) is 0 Å². The van der Waals surface area contributed by atoms with Crippen LogP contribution >= 0.6 is 0 Å². The fraction of sp³-hybridized carbons (Fsp3) is 0.286. The summed E-state index contributed by atoms with van der Waals surface area (Å²) in [6, 6.07) is 16.9. The predicted molar refractivity (Wildman–Crippen MR) is 101 cm³/mol. The maximum absolute atomic E-state index is 12.3. The van der Waals surface area contributed by atoms with Gasteiger partial charge in [-0.15, -0.1) is 0 Å². The standard InChI is InChI=1S/C21H22N2O4/c24-19(16-12-10-15(11-13-16)14-6-2-1-3-7-14)22-23-20(25)17-8-4-5-9-18(17)21(26)27/h1-3,6-7,10-13,17-18H,4-5,8-9H2,(H,22,24)(H,23,25)(H,26,27). The summed E-state index contributed by atoms with van der Waals surface area (Å²) >= 11 is 0. The van der Waals surface area contributed by atoms with Crippen LogP contribution in [0.2, 0.25) is 0 Å². The zero-order valence-corrected chi connectivity index (χ0v) is 14.9. The van der Waals surface area contributed by atoms with Crippen molar-refractivity contribution in [1.29, 1.82) is 0 Å². The van der Waals surface area contributed by atoms with E-state index in [0.717, 1.165) is 24.0 Å². The molecule has 6 nitrogen and oxygen atoms in total. The maximum Gasteiger partial charge on any atom is 0.307 e. The highest BCUT2D eigenvalue weighted by Gasteiger charge is 2.35. The molecular formula is C21H22N2O4. The molecular weight excluding hydrogens is 344 g/mol. The second kappa shape index (κ2) is 8.49. The Morgan fingerprint density at radius 1 is 0.778 bits per heavy atom. The zero-order valence-electron chi connectivity index (χ0n) is 14.9. The van der Waals surface area contributed by atoms with Gasteiger partial charge in [-0.3, -0.25) is 25.2 Å². The molecule has 2 amide bonds. The molecule has 2 unspecified atom stereocenters. The summed E-state index contributed by atoms with van der Waals surface area (Å²) in [5.41, 5.74) is 7.21. The number of benzene rings is 2. The third-order valence-corrected chi connectivity index (χ3v) is 4.97. The number of carboxylic acid groups (broad SMARTS) is 1. The quantitative estimate of drug-likeness (QED) is 0.725. The van der Waals surface area contributed by atoms with Crippen molar-refractivity contribution < 1.29 is 19.5 Å². The molecule has 0 bridgehead atoms. The molecule has 27 heavy (non-hydrogen) atoms. The van der Waals surface area contributed by atoms with E-state index in [-0.39, 0.29) is 0 Å². The normalized spacial score (nSPS) is 19.1. The molecule has 3 N–H and O–H groups in total. The van der Waals surface area contributed by atoms with Crippen molar-refractivity contribution in [3.63, 3.8) is 0 Å². The van der Waals surface area contributed by atoms with Crippen LogP contribution in [0.3, 0.4) is 0 Å². The van der Waals surface area contributed by atoms with E-state index in [1.807, 2.05) is 42.5 Å². The van der Waals surface area contributed by atoms with Crippen LogP contribution in [0, 0.1) is 11.8 Å². The number of hydrogen-bond acceptors (Lipinski definition) is 3. The van der Waals surface area contributed by atoms with E-state index in [9.17, 15) is 19.5 Å². The molecule has 3 rings (SSSR count). The lowest BCUT2D eigenvalue weighted by molar-refractivity contribution is -0.149. The fourth-order valence-corrected chi connectivity index (χ4v) is 3.47. The van der Waals surface area contributed by atoms with E-state index >= 15 is 0 Å². The molecule has 1 fully saturated rings. The predicted octanol–water partition coefficient (Wildman–Crippen LogP) is 3.01. The van der Waals surface area contributed by atoms with Gasteiger partial charge < -0.3 is 5.11 Å². The highest BCUT2D eigenvalue weighted by atomic mass is 16.4. The molecule has 2 aromatic carbocycles. The van der Waals surface area contributed by atoms with Gasteiger partial charge in [-0.05, 0) is 36.1 Å². The molecule has 140 valence electrons. The van der Waals surface area contributed by atoms with Crippen molar-refractivity contribution in [3.05, 3.63) is 60.2 Å². The van der Waals surface area contributed by atoms with Gasteiger partial charge in [0.25, 0.3) is 5.91 Å². The van der Waals surface area contributed by atoms with Crippen molar-refractivity contribution in [2.24, 2.45) is 11.8 Å². The summed E-state index contributed by atoms with van der Waals surface area (Å²) in [6.45, 7) is 0. The number of hydrogen-bond donors (Lipinski definition) is 3. The summed E-state index contributed by atoms with van der Waals surface area (Å²) < 4.78 is 0. The topological polar surface area (TPSA) is 95.5 Å². The highest BCUT2D eigenvalue weighted by Crippen LogP contribution is 2.30. The van der Waals surface area contributed by atoms with E-state index in [4.69, 9.17) is 0 Å². The molecule has 2 aromatic rings. The minimum absolute atomic E-state index is 0.411. The van der Waals surface area contributed by atoms with Gasteiger partial charge in [-0.1, -0.05) is 55.3 Å². The van der Waals surface area contributed by atoms with Crippen molar-refractivity contribution in [3.8, 4) is 11.1 Å². The average molecular weight is 366 g/mol. The molecule has 1 saturated carbocycles. The Morgan fingerprint density at radius 2 is 1.37 bits per heavy atom. The van der Waals surface area contributed by atoms with Crippen LogP contribution in [-0.2, 0) is 9.59 Å². The molecule has 0 spiro atoms. The smallest absolute Gasteiger partial charge is 0.307 e. The third kappa shape index (κ3) is 4.53. The molecule has 1 aliphatic carbocycles. The van der Waals surface area contributed by atoms with Gasteiger partial charge in [0.2, 0.25) is 5.91 Å². The van der Waals surface area contributed by atoms with Gasteiger partial charge in [-0.25, -0.2) is 0 Å². The number of hydrazine groups is 1. The lowest BCUT2D eigenvalue weighted by atomic mass is 9.79. The number of carbonyl (C=O) groups excluding carboxylic acids is 2. The lowest BCUT2D eigenvalue weighted by Gasteiger charge is -2.27. The van der Waals surface area contributed by atoms with Crippen LogP contribution in [0.1, 0.15) is 36.0 Å². The van der Waals surface area contributed by atoms with Crippen LogP contribution in [0.4, 0.5) is 0 Å². The summed E-state index contributed by atoms with van der Waals surface area (Å²) in [6.07, 6.45) is 2.63. The van der Waals surface area contributed by atoms with Crippen LogP contribution in [0.5, 0.6) is 0 Å². The molecule has 0 aromatic heterocycles. The largest absolute Gasteiger partial charge is 0.481 e. The molecule has 0 saturated heterocycles. The first-order valence-corrected chi connectivity index (χ1v) is 9.05. The number of carbonyl (C=O) groups is 3. The van der Waals surface area contributed by atoms with E-state index in [1.54, 1.807) is 12.1 Å². The fourth-order valence-electron chi connectivity index (χ4n) is 3.47. The van der Waals surface area contributed by atoms with Gasteiger partial charge in [-0.2, -0.15) is 0 Å². The molecule has 0 heterocycles. The van der Waals surface area contributed by atoms with E-state index < -0.39 is 29.6 Å². The van der Waals surface area contributed by atoms with Crippen LogP contribution in [0.15, 0.2) is 54.6 Å². The minimum atomic E-state index is -0.960. The summed E-state index contributed by atoms with van der Waals surface area (Å²) in [5.74, 6) is -3.16. The molecule has 0 radical (unpaired) electrons. The number of nitrogens with one attached hydrogen (secondary N) is 2. The summed E-state index contributed by atoms with van der Waals surface area (Å²) in [4.78, 5) is 35.9. The van der Waals surface area contributed by atoms with Gasteiger partial charge >= 0.3 is 5.97 Å². The average Bonchev–Trinajstić information content (AvgIpc) is 2.72. The second-order valence-electron chi connectivity index (χ2n) is 6.72. The van der Waals surface area contributed by atoms with Crippen molar-refractivity contribution in [2.45, 2.75) is 25.7 Å². The Hall–Kier alpha value is -3.15. The Morgan fingerprint density at radius 3 is 2.00 bits per heavy atom. The van der Waals surface area contributed by atoms with Gasteiger partial charge in [0.05, 0.1) is 11.8 Å².